The fourth-order valence-corrected chi connectivity index (χ4v) is 2.52. The Morgan fingerprint density at radius 3 is 1.62 bits per heavy atom. The monoisotopic (exact) mass is 399 g/mol. The lowest BCUT2D eigenvalue weighted by molar-refractivity contribution is -0.107. The average Bonchev–Trinajstić information content (AvgIpc) is 2.74. The minimum atomic E-state index is -1.01. The highest BCUT2D eigenvalue weighted by atomic mass is 16.7. The Morgan fingerprint density at radius 1 is 0.793 bits per heavy atom. The second-order valence-electron chi connectivity index (χ2n) is 9.50. The predicted molar refractivity (Wildman–Crippen MR) is 123 cm³/mol. The van der Waals surface area contributed by atoms with Crippen LogP contribution in [0.3, 0.4) is 0 Å². The molecule has 0 aromatic heterocycles. The molecule has 0 unspecified atom stereocenters. The molecule has 1 saturated heterocycles. The van der Waals surface area contributed by atoms with E-state index in [4.69, 9.17) is 27.4 Å². The Labute approximate surface area is 176 Å². The van der Waals surface area contributed by atoms with Crippen LogP contribution in [0.15, 0.2) is 36.4 Å². The van der Waals surface area contributed by atoms with Crippen molar-refractivity contribution in [2.24, 2.45) is 0 Å². The van der Waals surface area contributed by atoms with E-state index < -0.39 is 11.2 Å². The highest BCUT2D eigenvalue weighted by Crippen LogP contribution is 2.36. The molecule has 2 radical (unpaired) electrons. The Balaban J connectivity index is 0.000000403. The van der Waals surface area contributed by atoms with Gasteiger partial charge in [-0.05, 0) is 71.6 Å². The molecule has 3 rings (SSSR count). The van der Waals surface area contributed by atoms with Crippen molar-refractivity contribution in [2.75, 3.05) is 0 Å². The fraction of sp³-hybridized carbons (Fsp3) is 0.545. The van der Waals surface area contributed by atoms with Crippen LogP contribution in [0.5, 0.6) is 0 Å². The minimum absolute atomic E-state index is 0. The maximum atomic E-state index is 9.10. The maximum Gasteiger partial charge on any atom is 0.495 e. The summed E-state index contributed by atoms with van der Waals surface area (Å²) in [6.45, 7) is 14.6. The first-order valence-corrected chi connectivity index (χ1v) is 9.64. The molecule has 5 nitrogen and oxygen atoms in total. The van der Waals surface area contributed by atoms with Crippen LogP contribution in [-0.2, 0) is 9.31 Å². The van der Waals surface area contributed by atoms with Gasteiger partial charge >= 0.3 is 7.12 Å². The van der Waals surface area contributed by atoms with Gasteiger partial charge in [0.15, 0.2) is 0 Å². The smallest absolute Gasteiger partial charge is 0.399 e. The molecule has 1 heterocycles. The van der Waals surface area contributed by atoms with Crippen LogP contribution in [0.2, 0.25) is 0 Å². The first kappa shape index (κ1) is 25.7. The van der Waals surface area contributed by atoms with Crippen LogP contribution in [0.4, 0.5) is 0 Å². The Hall–Kier alpha value is -1.37. The molecule has 1 aliphatic heterocycles. The number of fused-ring (bicyclic) bond motifs is 1. The van der Waals surface area contributed by atoms with E-state index in [1.54, 1.807) is 27.7 Å². The Morgan fingerprint density at radius 2 is 1.21 bits per heavy atom. The summed E-state index contributed by atoms with van der Waals surface area (Å²) < 4.78 is 12.3. The lowest BCUT2D eigenvalue weighted by Crippen LogP contribution is -2.44. The van der Waals surface area contributed by atoms with E-state index in [1.165, 1.54) is 0 Å². The molecule has 0 aliphatic carbocycles. The third kappa shape index (κ3) is 5.41. The van der Waals surface area contributed by atoms with Gasteiger partial charge in [-0.25, -0.2) is 0 Å². The van der Waals surface area contributed by atoms with Crippen LogP contribution in [-0.4, -0.2) is 47.6 Å². The normalized spacial score (nSPS) is 18.1. The van der Waals surface area contributed by atoms with E-state index in [-0.39, 0.29) is 24.5 Å². The SMILES string of the molecule is CC(C)(O)C(C)(C)O.N.[B]c1ccc(B2OC(C)(C)C(C)(C)O2)c2ccccc12. The molecule has 0 spiro atoms. The molecular formula is C22H35B2NO4. The highest BCUT2D eigenvalue weighted by Gasteiger charge is 2.52. The maximum absolute atomic E-state index is 9.10. The minimum Gasteiger partial charge on any atom is -0.399 e. The van der Waals surface area contributed by atoms with Gasteiger partial charge in [0.05, 0.1) is 22.4 Å². The van der Waals surface area contributed by atoms with Crippen molar-refractivity contribution in [1.29, 1.82) is 0 Å². The standard InChI is InChI=1S/C16H18B2O2.C6H14O2.H3N/c1-15(2)16(3,4)20-18(19-15)14-10-9-13(17)11-7-5-6-8-12(11)14;1-5(2,7)6(3,4)8;/h5-10H,1-4H3;7-8H,1-4H3;1H3. The first-order chi connectivity index (χ1) is 12.6. The number of hydrogen-bond donors (Lipinski definition) is 3. The van der Waals surface area contributed by atoms with Crippen molar-refractivity contribution in [3.05, 3.63) is 36.4 Å². The molecule has 29 heavy (non-hydrogen) atoms. The second-order valence-corrected chi connectivity index (χ2v) is 9.50. The molecule has 0 saturated carbocycles. The van der Waals surface area contributed by atoms with Gasteiger partial charge in [0, 0.05) is 0 Å². The van der Waals surface area contributed by atoms with Gasteiger partial charge in [-0.2, -0.15) is 0 Å². The van der Waals surface area contributed by atoms with Crippen LogP contribution in [0.25, 0.3) is 10.8 Å². The van der Waals surface area contributed by atoms with E-state index in [1.807, 2.05) is 30.3 Å². The zero-order valence-electron chi connectivity index (χ0n) is 19.0. The zero-order chi connectivity index (χ0) is 21.5. The van der Waals surface area contributed by atoms with Crippen LogP contribution in [0.1, 0.15) is 55.4 Å². The molecule has 0 bridgehead atoms. The van der Waals surface area contributed by atoms with E-state index in [0.29, 0.717) is 0 Å². The summed E-state index contributed by atoms with van der Waals surface area (Å²) in [5, 5.41) is 20.3. The summed E-state index contributed by atoms with van der Waals surface area (Å²) in [6, 6.07) is 12.0. The Kier molecular flexibility index (Phi) is 7.44. The van der Waals surface area contributed by atoms with Gasteiger partial charge in [0.25, 0.3) is 0 Å². The predicted octanol–water partition coefficient (Wildman–Crippen LogP) is 2.62. The van der Waals surface area contributed by atoms with E-state index in [2.05, 4.69) is 33.8 Å². The average molecular weight is 399 g/mol. The fourth-order valence-electron chi connectivity index (χ4n) is 2.52. The van der Waals surface area contributed by atoms with Gasteiger partial charge in [0.1, 0.15) is 7.85 Å². The summed E-state index contributed by atoms with van der Waals surface area (Å²) in [5.41, 5.74) is -0.866. The second kappa shape index (κ2) is 8.40. The number of aliphatic hydroxyl groups is 2. The molecule has 1 aliphatic rings. The van der Waals surface area contributed by atoms with Gasteiger partial charge in [-0.1, -0.05) is 41.9 Å². The summed E-state index contributed by atoms with van der Waals surface area (Å²) >= 11 is 0. The van der Waals surface area contributed by atoms with E-state index in [0.717, 1.165) is 21.7 Å². The first-order valence-electron chi connectivity index (χ1n) is 9.64. The summed E-state index contributed by atoms with van der Waals surface area (Å²) in [4.78, 5) is 0. The molecule has 5 N–H and O–H groups in total. The molecule has 0 amide bonds. The van der Waals surface area contributed by atoms with E-state index >= 15 is 0 Å². The molecular weight excluding hydrogens is 364 g/mol. The third-order valence-corrected chi connectivity index (χ3v) is 6.00. The Bertz CT molecular complexity index is 811. The van der Waals surface area contributed by atoms with Crippen LogP contribution in [0, 0.1) is 0 Å². The molecule has 1 fully saturated rings. The lowest BCUT2D eigenvalue weighted by atomic mass is 9.73. The molecule has 0 atom stereocenters. The van der Waals surface area contributed by atoms with Crippen molar-refractivity contribution in [2.45, 2.75) is 77.8 Å². The van der Waals surface area contributed by atoms with Crippen LogP contribution >= 0.6 is 0 Å². The van der Waals surface area contributed by atoms with Gasteiger partial charge in [-0.3, -0.25) is 0 Å². The van der Waals surface area contributed by atoms with Crippen molar-refractivity contribution < 1.29 is 19.5 Å². The molecule has 7 heteroatoms. The van der Waals surface area contributed by atoms with Crippen molar-refractivity contribution >= 4 is 36.7 Å². The summed E-state index contributed by atoms with van der Waals surface area (Å²) in [7, 11) is 5.69. The topological polar surface area (TPSA) is 93.9 Å². The summed E-state index contributed by atoms with van der Waals surface area (Å²) in [5.74, 6) is 0. The van der Waals surface area contributed by atoms with Crippen molar-refractivity contribution in [1.82, 2.24) is 6.15 Å². The zero-order valence-corrected chi connectivity index (χ0v) is 19.0. The summed E-state index contributed by atoms with van der Waals surface area (Å²) in [6.07, 6.45) is 0. The largest absolute Gasteiger partial charge is 0.495 e. The molecule has 2 aromatic rings. The van der Waals surface area contributed by atoms with Gasteiger partial charge < -0.3 is 25.7 Å². The van der Waals surface area contributed by atoms with Crippen molar-refractivity contribution in [3.63, 3.8) is 0 Å². The third-order valence-electron chi connectivity index (χ3n) is 6.00. The molecule has 158 valence electrons. The van der Waals surface area contributed by atoms with Gasteiger partial charge in [0.2, 0.25) is 0 Å². The lowest BCUT2D eigenvalue weighted by Gasteiger charge is -2.32. The molecule has 2 aromatic carbocycles. The quantitative estimate of drug-likeness (QED) is 0.676. The van der Waals surface area contributed by atoms with Gasteiger partial charge in [-0.15, -0.1) is 0 Å². The van der Waals surface area contributed by atoms with E-state index in [9.17, 15) is 0 Å². The number of rotatable bonds is 2. The number of hydrogen-bond acceptors (Lipinski definition) is 5. The van der Waals surface area contributed by atoms with Crippen molar-refractivity contribution in [3.8, 4) is 0 Å². The van der Waals surface area contributed by atoms with Crippen LogP contribution < -0.4 is 17.1 Å². The highest BCUT2D eigenvalue weighted by molar-refractivity contribution is 6.65. The number of benzene rings is 2.